The molecule has 0 N–H and O–H groups in total. The maximum atomic E-state index is 5.14. The first-order valence-corrected chi connectivity index (χ1v) is 8.81. The molecule has 5 rings (SSSR count). The minimum absolute atomic E-state index is 0.170. The fourth-order valence-corrected chi connectivity index (χ4v) is 4.63. The topological polar surface area (TPSA) is 15.6 Å². The molecule has 0 amide bonds. The van der Waals surface area contributed by atoms with Crippen molar-refractivity contribution in [3.8, 4) is 0 Å². The molecule has 2 aliphatic rings. The summed E-state index contributed by atoms with van der Waals surface area (Å²) in [5.74, 6) is 1.18. The first-order chi connectivity index (χ1) is 11.4. The lowest BCUT2D eigenvalue weighted by molar-refractivity contribution is 0.314. The zero-order valence-corrected chi connectivity index (χ0v) is 13.4. The molecule has 2 nitrogen and oxygen atoms in total. The van der Waals surface area contributed by atoms with Gasteiger partial charge in [-0.15, -0.1) is 11.3 Å². The van der Waals surface area contributed by atoms with Crippen molar-refractivity contribution in [3.63, 3.8) is 0 Å². The third kappa shape index (κ3) is 1.97. The zero-order valence-electron chi connectivity index (χ0n) is 12.6. The molecule has 3 aromatic rings. The Morgan fingerprint density at radius 2 is 1.57 bits per heavy atom. The summed E-state index contributed by atoms with van der Waals surface area (Å²) in [5, 5.41) is 2.18. The molecule has 2 atom stereocenters. The highest BCUT2D eigenvalue weighted by atomic mass is 32.1. The number of hydrogen-bond acceptors (Lipinski definition) is 3. The number of fused-ring (bicyclic) bond motifs is 3. The Balaban J connectivity index is 1.65. The number of aliphatic imine (C=N–C) groups is 1. The number of hydrogen-bond donors (Lipinski definition) is 0. The van der Waals surface area contributed by atoms with Crippen LogP contribution in [0.4, 0.5) is 0 Å². The van der Waals surface area contributed by atoms with Crippen LogP contribution in [0.5, 0.6) is 0 Å². The van der Waals surface area contributed by atoms with Crippen LogP contribution in [-0.2, 0) is 6.54 Å². The molecule has 0 radical (unpaired) electrons. The molecule has 0 unspecified atom stereocenters. The van der Waals surface area contributed by atoms with E-state index in [4.69, 9.17) is 4.99 Å². The fraction of sp³-hybridized carbons (Fsp3) is 0.150. The Morgan fingerprint density at radius 3 is 2.30 bits per heavy atom. The summed E-state index contributed by atoms with van der Waals surface area (Å²) in [6, 6.07) is 24.2. The van der Waals surface area contributed by atoms with E-state index in [2.05, 4.69) is 77.0 Å². The van der Waals surface area contributed by atoms with E-state index in [0.717, 1.165) is 6.54 Å². The van der Waals surface area contributed by atoms with E-state index in [0.29, 0.717) is 0 Å². The second-order valence-electron chi connectivity index (χ2n) is 6.07. The molecular formula is C20H16N2S. The lowest BCUT2D eigenvalue weighted by Gasteiger charge is -2.27. The molecule has 0 spiro atoms. The van der Waals surface area contributed by atoms with Gasteiger partial charge in [-0.05, 0) is 28.1 Å². The van der Waals surface area contributed by atoms with Gasteiger partial charge in [-0.2, -0.15) is 0 Å². The van der Waals surface area contributed by atoms with E-state index in [1.165, 1.54) is 27.4 Å². The first kappa shape index (κ1) is 13.1. The molecule has 3 heteroatoms. The molecule has 2 aliphatic heterocycles. The summed E-state index contributed by atoms with van der Waals surface area (Å²) < 4.78 is 0. The number of benzene rings is 2. The number of rotatable bonds is 2. The summed E-state index contributed by atoms with van der Waals surface area (Å²) in [7, 11) is 0. The van der Waals surface area contributed by atoms with Crippen molar-refractivity contribution >= 4 is 17.2 Å². The molecule has 112 valence electrons. The largest absolute Gasteiger partial charge is 0.342 e. The summed E-state index contributed by atoms with van der Waals surface area (Å²) in [6.07, 6.45) is 0. The van der Waals surface area contributed by atoms with Gasteiger partial charge in [0, 0.05) is 6.54 Å². The molecule has 0 aliphatic carbocycles. The third-order valence-corrected chi connectivity index (χ3v) is 5.69. The van der Waals surface area contributed by atoms with E-state index in [1.54, 1.807) is 0 Å². The number of thiophene rings is 1. The van der Waals surface area contributed by atoms with Crippen LogP contribution in [-0.4, -0.2) is 10.7 Å². The Labute approximate surface area is 139 Å². The summed E-state index contributed by atoms with van der Waals surface area (Å²) in [6.45, 7) is 0.973. The Bertz CT molecular complexity index is 867. The Kier molecular flexibility index (Phi) is 2.88. The second-order valence-corrected chi connectivity index (χ2v) is 6.98. The molecule has 0 saturated heterocycles. The smallest absolute Gasteiger partial charge is 0.143 e. The lowest BCUT2D eigenvalue weighted by atomic mass is 9.94. The normalized spacial score (nSPS) is 21.9. The van der Waals surface area contributed by atoms with Crippen molar-refractivity contribution in [2.75, 3.05) is 0 Å². The van der Waals surface area contributed by atoms with Gasteiger partial charge in [-0.3, -0.25) is 4.99 Å². The van der Waals surface area contributed by atoms with Crippen LogP contribution in [0.25, 0.3) is 0 Å². The Morgan fingerprint density at radius 1 is 0.870 bits per heavy atom. The molecule has 23 heavy (non-hydrogen) atoms. The van der Waals surface area contributed by atoms with E-state index in [-0.39, 0.29) is 12.1 Å². The van der Waals surface area contributed by atoms with Crippen molar-refractivity contribution in [2.45, 2.75) is 18.6 Å². The van der Waals surface area contributed by atoms with E-state index in [1.807, 2.05) is 11.3 Å². The molecule has 2 aromatic carbocycles. The zero-order chi connectivity index (χ0) is 15.2. The SMILES string of the molecule is c1ccc([C@H]2N=C3c4sccc4CN3[C@@H]2c2ccccc2)cc1. The maximum absolute atomic E-state index is 5.14. The van der Waals surface area contributed by atoms with Gasteiger partial charge in [0.1, 0.15) is 11.9 Å². The van der Waals surface area contributed by atoms with Crippen molar-refractivity contribution in [1.29, 1.82) is 0 Å². The standard InChI is InChI=1S/C20H16N2S/c1-3-7-14(8-4-1)17-18(15-9-5-2-6-10-15)22-13-16-11-12-23-19(16)20(22)21-17/h1-12,17-18H,13H2/t17-,18-/m1/s1. The maximum Gasteiger partial charge on any atom is 0.143 e. The summed E-state index contributed by atoms with van der Waals surface area (Å²) in [5.41, 5.74) is 4.05. The first-order valence-electron chi connectivity index (χ1n) is 7.93. The van der Waals surface area contributed by atoms with Crippen LogP contribution in [0.3, 0.4) is 0 Å². The molecule has 0 fully saturated rings. The van der Waals surface area contributed by atoms with Crippen molar-refractivity contribution in [1.82, 2.24) is 4.90 Å². The van der Waals surface area contributed by atoms with Gasteiger partial charge in [0.25, 0.3) is 0 Å². The minimum atomic E-state index is 0.170. The predicted octanol–water partition coefficient (Wildman–Crippen LogP) is 4.81. The van der Waals surface area contributed by atoms with Crippen LogP contribution in [0.1, 0.15) is 33.7 Å². The van der Waals surface area contributed by atoms with Gasteiger partial charge in [0.15, 0.2) is 0 Å². The van der Waals surface area contributed by atoms with Crippen LogP contribution in [0.2, 0.25) is 0 Å². The molecule has 0 saturated carbocycles. The second kappa shape index (κ2) is 5.07. The highest BCUT2D eigenvalue weighted by Crippen LogP contribution is 2.47. The van der Waals surface area contributed by atoms with Gasteiger partial charge in [-0.25, -0.2) is 0 Å². The number of nitrogens with zero attached hydrogens (tertiary/aromatic N) is 2. The third-order valence-electron chi connectivity index (χ3n) is 4.74. The van der Waals surface area contributed by atoms with Crippen molar-refractivity contribution < 1.29 is 0 Å². The van der Waals surface area contributed by atoms with Gasteiger partial charge in [-0.1, -0.05) is 60.7 Å². The van der Waals surface area contributed by atoms with Crippen molar-refractivity contribution in [3.05, 3.63) is 93.7 Å². The van der Waals surface area contributed by atoms with Gasteiger partial charge >= 0.3 is 0 Å². The number of amidine groups is 1. The van der Waals surface area contributed by atoms with Gasteiger partial charge < -0.3 is 4.90 Å². The lowest BCUT2D eigenvalue weighted by Crippen LogP contribution is -2.26. The van der Waals surface area contributed by atoms with E-state index >= 15 is 0 Å². The molecule has 1 aromatic heterocycles. The molecule has 3 heterocycles. The summed E-state index contributed by atoms with van der Waals surface area (Å²) >= 11 is 1.81. The quantitative estimate of drug-likeness (QED) is 0.662. The molecule has 0 bridgehead atoms. The van der Waals surface area contributed by atoms with Crippen LogP contribution in [0.15, 0.2) is 77.1 Å². The minimum Gasteiger partial charge on any atom is -0.342 e. The predicted molar refractivity (Wildman–Crippen MR) is 94.8 cm³/mol. The molecular weight excluding hydrogens is 300 g/mol. The highest BCUT2D eigenvalue weighted by Gasteiger charge is 2.42. The monoisotopic (exact) mass is 316 g/mol. The highest BCUT2D eigenvalue weighted by molar-refractivity contribution is 7.12. The summed E-state index contributed by atoms with van der Waals surface area (Å²) in [4.78, 5) is 8.98. The Hall–Kier alpha value is -2.39. The van der Waals surface area contributed by atoms with Crippen LogP contribution < -0.4 is 0 Å². The fourth-order valence-electron chi connectivity index (χ4n) is 3.70. The van der Waals surface area contributed by atoms with Crippen LogP contribution >= 0.6 is 11.3 Å². The van der Waals surface area contributed by atoms with Gasteiger partial charge in [0.2, 0.25) is 0 Å². The van der Waals surface area contributed by atoms with E-state index < -0.39 is 0 Å². The van der Waals surface area contributed by atoms with Crippen LogP contribution in [0, 0.1) is 0 Å². The van der Waals surface area contributed by atoms with E-state index in [9.17, 15) is 0 Å². The average Bonchev–Trinajstić information content (AvgIpc) is 3.27. The average molecular weight is 316 g/mol. The van der Waals surface area contributed by atoms with Crippen molar-refractivity contribution in [2.24, 2.45) is 4.99 Å². The van der Waals surface area contributed by atoms with Gasteiger partial charge in [0.05, 0.1) is 10.9 Å².